The first kappa shape index (κ1) is 19.4. The highest BCUT2D eigenvalue weighted by atomic mass is 32.2. The average Bonchev–Trinajstić information content (AvgIpc) is 3.08. The first-order valence-corrected chi connectivity index (χ1v) is 10.9. The molecule has 1 aromatic heterocycles. The Morgan fingerprint density at radius 2 is 1.89 bits per heavy atom. The van der Waals surface area contributed by atoms with Crippen LogP contribution in [0.15, 0.2) is 42.5 Å². The highest BCUT2D eigenvalue weighted by Crippen LogP contribution is 2.62. The minimum absolute atomic E-state index is 0.260. The third-order valence-electron chi connectivity index (χ3n) is 5.77. The van der Waals surface area contributed by atoms with Crippen LogP contribution in [0.1, 0.15) is 18.9 Å². The van der Waals surface area contributed by atoms with E-state index in [0.29, 0.717) is 18.2 Å². The van der Waals surface area contributed by atoms with Crippen molar-refractivity contribution in [3.63, 3.8) is 0 Å². The van der Waals surface area contributed by atoms with Gasteiger partial charge in [0, 0.05) is 18.5 Å². The maximum Gasteiger partial charge on any atom is 0.331 e. The van der Waals surface area contributed by atoms with E-state index in [1.165, 1.54) is 11.3 Å². The predicted octanol–water partition coefficient (Wildman–Crippen LogP) is 2.71. The molecule has 2 heterocycles. The third-order valence-corrected chi connectivity index (χ3v) is 7.83. The molecule has 0 amide bonds. The fraction of sp³-hybridized carbons (Fsp3) is 0.421. The summed E-state index contributed by atoms with van der Waals surface area (Å²) in [7, 11) is 0. The van der Waals surface area contributed by atoms with Crippen LogP contribution in [0.25, 0.3) is 0 Å². The van der Waals surface area contributed by atoms with Crippen LogP contribution in [0.5, 0.6) is 0 Å². The molecule has 2 aromatic rings. The molecule has 0 spiro atoms. The van der Waals surface area contributed by atoms with E-state index in [9.17, 15) is 18.7 Å². The van der Waals surface area contributed by atoms with Crippen LogP contribution < -0.4 is 9.21 Å². The Morgan fingerprint density at radius 3 is 2.50 bits per heavy atom. The second-order valence-electron chi connectivity index (χ2n) is 7.28. The van der Waals surface area contributed by atoms with Crippen LogP contribution in [0.3, 0.4) is 0 Å². The van der Waals surface area contributed by atoms with E-state index in [4.69, 9.17) is 4.74 Å². The van der Waals surface area contributed by atoms with Crippen LogP contribution in [0.4, 0.5) is 10.0 Å². The van der Waals surface area contributed by atoms with Crippen LogP contribution in [-0.2, 0) is 26.2 Å². The first-order chi connectivity index (χ1) is 13.4. The number of hydrogen-bond donors (Lipinski definition) is 2. The molecule has 3 unspecified atom stereocenters. The van der Waals surface area contributed by atoms with Gasteiger partial charge in [-0.25, -0.2) is 13.3 Å². The molecule has 2 N–H and O–H groups in total. The van der Waals surface area contributed by atoms with Gasteiger partial charge in [-0.3, -0.25) is 4.55 Å². The summed E-state index contributed by atoms with van der Waals surface area (Å²) < 4.78 is 29.0. The molecule has 7 nitrogen and oxygen atoms in total. The molecule has 1 aliphatic carbocycles. The van der Waals surface area contributed by atoms with Gasteiger partial charge in [0.2, 0.25) is 0 Å². The summed E-state index contributed by atoms with van der Waals surface area (Å²) in [5.74, 6) is -1.09. The highest BCUT2D eigenvalue weighted by Gasteiger charge is 2.75. The summed E-state index contributed by atoms with van der Waals surface area (Å²) in [6.45, 7) is 4.59. The highest BCUT2D eigenvalue weighted by molar-refractivity contribution is 7.81. The van der Waals surface area contributed by atoms with E-state index in [2.05, 4.69) is 4.90 Å². The lowest BCUT2D eigenvalue weighted by Crippen LogP contribution is -2.49. The summed E-state index contributed by atoms with van der Waals surface area (Å²) in [6, 6.07) is 12.9. The molecule has 28 heavy (non-hydrogen) atoms. The molecule has 2 aliphatic rings. The smallest absolute Gasteiger partial charge is 0.331 e. The zero-order valence-corrected chi connectivity index (χ0v) is 17.0. The number of aliphatic carboxylic acids is 1. The second kappa shape index (κ2) is 7.14. The molecular formula is C19H22N2O5S2. The fourth-order valence-electron chi connectivity index (χ4n) is 4.09. The zero-order valence-electron chi connectivity index (χ0n) is 15.4. The van der Waals surface area contributed by atoms with E-state index in [0.717, 1.165) is 28.0 Å². The number of benzene rings is 1. The number of ether oxygens (including phenoxy) is 1. The largest absolute Gasteiger partial charge is 0.479 e. The Labute approximate surface area is 170 Å². The Balaban J connectivity index is 1.72. The van der Waals surface area contributed by atoms with Gasteiger partial charge >= 0.3 is 5.97 Å². The monoisotopic (exact) mass is 422 g/mol. The number of carboxylic acids is 1. The van der Waals surface area contributed by atoms with Crippen molar-refractivity contribution in [2.45, 2.75) is 24.3 Å². The fourth-order valence-corrected chi connectivity index (χ4v) is 6.25. The van der Waals surface area contributed by atoms with E-state index in [-0.39, 0.29) is 6.42 Å². The van der Waals surface area contributed by atoms with Gasteiger partial charge in [-0.1, -0.05) is 48.6 Å². The number of rotatable bonds is 6. The van der Waals surface area contributed by atoms with Crippen molar-refractivity contribution in [2.24, 2.45) is 0 Å². The van der Waals surface area contributed by atoms with Gasteiger partial charge in [0.05, 0.1) is 18.2 Å². The Bertz CT molecular complexity index is 899. The maximum atomic E-state index is 12.4. The lowest BCUT2D eigenvalue weighted by atomic mass is 9.92. The van der Waals surface area contributed by atoms with Crippen LogP contribution in [0.2, 0.25) is 0 Å². The number of thiophene rings is 1. The van der Waals surface area contributed by atoms with Crippen molar-refractivity contribution in [3.05, 3.63) is 48.0 Å². The van der Waals surface area contributed by atoms with Gasteiger partial charge in [-0.05, 0) is 24.1 Å². The van der Waals surface area contributed by atoms with Crippen molar-refractivity contribution >= 4 is 38.6 Å². The lowest BCUT2D eigenvalue weighted by Gasteiger charge is -2.30. The molecular weight excluding hydrogens is 400 g/mol. The lowest BCUT2D eigenvalue weighted by molar-refractivity contribution is -0.139. The van der Waals surface area contributed by atoms with Crippen molar-refractivity contribution in [3.8, 4) is 0 Å². The Morgan fingerprint density at radius 1 is 1.21 bits per heavy atom. The number of hydrogen-bond acceptors (Lipinski definition) is 5. The summed E-state index contributed by atoms with van der Waals surface area (Å²) in [6.07, 6.45) is 0.260. The van der Waals surface area contributed by atoms with E-state index < -0.39 is 28.2 Å². The molecule has 9 heteroatoms. The zero-order chi connectivity index (χ0) is 19.9. The van der Waals surface area contributed by atoms with Gasteiger partial charge in [0.1, 0.15) is 5.00 Å². The van der Waals surface area contributed by atoms with E-state index >= 15 is 0 Å². The number of morpholine rings is 1. The van der Waals surface area contributed by atoms with Gasteiger partial charge < -0.3 is 14.7 Å². The second-order valence-corrected chi connectivity index (χ2v) is 9.14. The summed E-state index contributed by atoms with van der Waals surface area (Å²) in [4.78, 5) is 14.5. The normalized spacial score (nSPS) is 28.0. The van der Waals surface area contributed by atoms with Crippen LogP contribution >= 0.6 is 11.3 Å². The molecule has 1 saturated heterocycles. The van der Waals surface area contributed by atoms with Crippen molar-refractivity contribution in [1.29, 1.82) is 0 Å². The van der Waals surface area contributed by atoms with Gasteiger partial charge in [0.15, 0.2) is 5.54 Å². The van der Waals surface area contributed by atoms with Crippen LogP contribution in [0, 0.1) is 0 Å². The quantitative estimate of drug-likeness (QED) is 0.696. The molecule has 1 aliphatic heterocycles. The molecule has 0 radical (unpaired) electrons. The third kappa shape index (κ3) is 2.93. The summed E-state index contributed by atoms with van der Waals surface area (Å²) >= 11 is -1.14. The molecule has 150 valence electrons. The summed E-state index contributed by atoms with van der Waals surface area (Å²) in [5.41, 5.74) is -1.39. The van der Waals surface area contributed by atoms with E-state index in [1.54, 1.807) is 6.07 Å². The average molecular weight is 423 g/mol. The topological polar surface area (TPSA) is 90.3 Å². The van der Waals surface area contributed by atoms with Crippen molar-refractivity contribution < 1.29 is 23.4 Å². The minimum atomic E-state index is -2.47. The number of nitrogens with zero attached hydrogens (tertiary/aromatic N) is 2. The SMILES string of the molecule is CC1(c2ccccc2)CC1(C(=O)O)N(c1ccc(N2CCOCC2)s1)S(=O)O. The Kier molecular flexibility index (Phi) is 4.95. The predicted molar refractivity (Wildman–Crippen MR) is 109 cm³/mol. The standard InChI is InChI=1S/C19H22N2O5S2/c1-18(14-5-3-2-4-6-14)13-19(18,17(22)23)21(28(24)25)16-8-7-15(27-16)20-9-11-26-12-10-20/h2-8H,9-13H2,1H3,(H,22,23)(H,24,25). The summed E-state index contributed by atoms with van der Waals surface area (Å²) in [5, 5.41) is 11.5. The first-order valence-electron chi connectivity index (χ1n) is 9.03. The maximum absolute atomic E-state index is 12.4. The molecule has 4 rings (SSSR count). The van der Waals surface area contributed by atoms with Gasteiger partial charge in [-0.2, -0.15) is 0 Å². The molecule has 1 saturated carbocycles. The minimum Gasteiger partial charge on any atom is -0.479 e. The molecule has 1 aromatic carbocycles. The molecule has 3 atom stereocenters. The number of carbonyl (C=O) groups is 1. The number of carboxylic acid groups (broad SMARTS) is 1. The van der Waals surface area contributed by atoms with E-state index in [1.807, 2.05) is 43.3 Å². The molecule has 2 fully saturated rings. The molecule has 0 bridgehead atoms. The van der Waals surface area contributed by atoms with Crippen molar-refractivity contribution in [2.75, 3.05) is 35.5 Å². The van der Waals surface area contributed by atoms with Crippen molar-refractivity contribution in [1.82, 2.24) is 0 Å². The van der Waals surface area contributed by atoms with Gasteiger partial charge in [0.25, 0.3) is 11.3 Å². The van der Waals surface area contributed by atoms with Gasteiger partial charge in [-0.15, -0.1) is 0 Å². The number of anilines is 2. The Hall–Kier alpha value is -1.94. The van der Waals surface area contributed by atoms with Crippen LogP contribution in [-0.4, -0.2) is 51.7 Å².